The lowest BCUT2D eigenvalue weighted by molar-refractivity contribution is 0.371. The van der Waals surface area contributed by atoms with E-state index in [9.17, 15) is 9.67 Å². The second kappa shape index (κ2) is 8.09. The maximum atomic E-state index is 14.1. The van der Waals surface area contributed by atoms with Crippen molar-refractivity contribution >= 4 is 18.5 Å². The average Bonchev–Trinajstić information content (AvgIpc) is 2.61. The predicted octanol–water partition coefficient (Wildman–Crippen LogP) is 5.78. The molecule has 140 valence electrons. The Bertz CT molecular complexity index is 830. The molecule has 1 N–H and O–H groups in total. The van der Waals surface area contributed by atoms with E-state index in [0.717, 1.165) is 16.4 Å². The summed E-state index contributed by atoms with van der Waals surface area (Å²) in [6, 6.07) is 7.45. The number of rotatable bonds is 6. The van der Waals surface area contributed by atoms with Crippen molar-refractivity contribution in [3.63, 3.8) is 0 Å². The number of aryl methyl sites for hydroxylation is 1. The number of phenolic OH excluding ortho intramolecular Hbond substituents is 1. The van der Waals surface area contributed by atoms with Crippen molar-refractivity contribution in [2.75, 3.05) is 7.11 Å². The van der Waals surface area contributed by atoms with Crippen molar-refractivity contribution in [3.05, 3.63) is 53.3 Å². The fourth-order valence-electron chi connectivity index (χ4n) is 3.21. The maximum Gasteiger partial charge on any atom is 0.161 e. The van der Waals surface area contributed by atoms with Gasteiger partial charge in [-0.1, -0.05) is 33.8 Å². The van der Waals surface area contributed by atoms with Gasteiger partial charge in [0.05, 0.1) is 7.11 Å². The predicted molar refractivity (Wildman–Crippen MR) is 109 cm³/mol. The van der Waals surface area contributed by atoms with Gasteiger partial charge in [0, 0.05) is 29.0 Å². The number of hydrogen-bond acceptors (Lipinski definition) is 4. The highest BCUT2D eigenvalue weighted by atomic mass is 31.2. The van der Waals surface area contributed by atoms with E-state index in [2.05, 4.69) is 4.98 Å². The zero-order chi connectivity index (χ0) is 19.5. The molecule has 0 fully saturated rings. The van der Waals surface area contributed by atoms with Crippen LogP contribution >= 0.6 is 7.14 Å². The summed E-state index contributed by atoms with van der Waals surface area (Å²) in [7, 11) is -1.21. The molecule has 0 atom stereocenters. The Morgan fingerprint density at radius 1 is 1.23 bits per heavy atom. The van der Waals surface area contributed by atoms with Crippen LogP contribution in [-0.4, -0.2) is 28.5 Å². The van der Waals surface area contributed by atoms with Gasteiger partial charge in [0.25, 0.3) is 0 Å². The Labute approximate surface area is 156 Å². The molecular formula is C21H28NO3P. The molecule has 0 aliphatic heterocycles. The van der Waals surface area contributed by atoms with Crippen LogP contribution in [0.4, 0.5) is 0 Å². The number of pyridine rings is 1. The first-order valence-corrected chi connectivity index (χ1v) is 10.7. The van der Waals surface area contributed by atoms with E-state index in [4.69, 9.17) is 4.74 Å². The molecule has 1 aromatic carbocycles. The molecule has 1 aromatic heterocycles. The van der Waals surface area contributed by atoms with Crippen LogP contribution in [0.15, 0.2) is 36.7 Å². The molecule has 0 spiro atoms. The van der Waals surface area contributed by atoms with E-state index in [1.807, 2.05) is 58.9 Å². The van der Waals surface area contributed by atoms with Crippen molar-refractivity contribution in [1.29, 1.82) is 0 Å². The number of hydrogen-bond donors (Lipinski definition) is 1. The third-order valence-corrected chi connectivity index (χ3v) is 8.89. The van der Waals surface area contributed by atoms with E-state index < -0.39 is 7.14 Å². The Balaban J connectivity index is 2.80. The van der Waals surface area contributed by atoms with Crippen LogP contribution in [0.25, 0.3) is 11.4 Å². The molecule has 0 bridgehead atoms. The van der Waals surface area contributed by atoms with Gasteiger partial charge in [-0.3, -0.25) is 4.98 Å². The van der Waals surface area contributed by atoms with E-state index in [-0.39, 0.29) is 17.1 Å². The number of benzene rings is 1. The fourth-order valence-corrected chi connectivity index (χ4v) is 6.40. The molecule has 2 rings (SSSR count). The van der Waals surface area contributed by atoms with Crippen LogP contribution in [0.1, 0.15) is 44.4 Å². The summed E-state index contributed by atoms with van der Waals surface area (Å²) < 4.78 is 19.4. The zero-order valence-electron chi connectivity index (χ0n) is 16.4. The molecule has 0 amide bonds. The number of nitrogens with zero attached hydrogens (tertiary/aromatic N) is 1. The summed E-state index contributed by atoms with van der Waals surface area (Å²) >= 11 is 0. The number of aromatic nitrogens is 1. The monoisotopic (exact) mass is 373 g/mol. The Kier molecular flexibility index (Phi) is 6.30. The minimum absolute atomic E-state index is 0.00877. The van der Waals surface area contributed by atoms with Gasteiger partial charge in [0.1, 0.15) is 7.14 Å². The number of methoxy groups -OCH3 is 1. The van der Waals surface area contributed by atoms with Gasteiger partial charge in [-0.05, 0) is 47.9 Å². The summed E-state index contributed by atoms with van der Waals surface area (Å²) in [5.74, 6) is 0.497. The van der Waals surface area contributed by atoms with E-state index in [1.165, 1.54) is 7.11 Å². The highest BCUT2D eigenvalue weighted by Crippen LogP contribution is 2.66. The Morgan fingerprint density at radius 2 is 1.88 bits per heavy atom. The first-order chi connectivity index (χ1) is 12.2. The minimum Gasteiger partial charge on any atom is -0.504 e. The van der Waals surface area contributed by atoms with Crippen molar-refractivity contribution in [2.45, 2.75) is 45.9 Å². The second-order valence-electron chi connectivity index (χ2n) is 7.06. The molecule has 1 heterocycles. The lowest BCUT2D eigenvalue weighted by Gasteiger charge is -2.29. The molecule has 0 unspecified atom stereocenters. The summed E-state index contributed by atoms with van der Waals surface area (Å²) in [6.07, 6.45) is 5.43. The van der Waals surface area contributed by atoms with Crippen LogP contribution in [0, 0.1) is 6.92 Å². The topological polar surface area (TPSA) is 59.4 Å². The largest absolute Gasteiger partial charge is 0.504 e. The fraction of sp³-hybridized carbons (Fsp3) is 0.381. The summed E-state index contributed by atoms with van der Waals surface area (Å²) in [4.78, 5) is 4.17. The van der Waals surface area contributed by atoms with Crippen molar-refractivity contribution in [2.24, 2.45) is 0 Å². The van der Waals surface area contributed by atoms with E-state index in [0.29, 0.717) is 11.3 Å². The van der Waals surface area contributed by atoms with Crippen LogP contribution in [0.5, 0.6) is 11.5 Å². The Morgan fingerprint density at radius 3 is 2.38 bits per heavy atom. The van der Waals surface area contributed by atoms with E-state index >= 15 is 0 Å². The first kappa shape index (κ1) is 20.3. The normalized spacial score (nSPS) is 12.7. The molecule has 4 nitrogen and oxygen atoms in total. The molecule has 0 saturated carbocycles. The van der Waals surface area contributed by atoms with Crippen LogP contribution in [0.2, 0.25) is 0 Å². The quantitative estimate of drug-likeness (QED) is 0.652. The number of phenols is 1. The molecule has 5 heteroatoms. The summed E-state index contributed by atoms with van der Waals surface area (Å²) in [5.41, 5.74) is 2.38. The third-order valence-electron chi connectivity index (χ3n) is 4.68. The smallest absolute Gasteiger partial charge is 0.161 e. The lowest BCUT2D eigenvalue weighted by Crippen LogP contribution is -2.10. The van der Waals surface area contributed by atoms with Crippen molar-refractivity contribution < 1.29 is 14.4 Å². The lowest BCUT2D eigenvalue weighted by atomic mass is 10.1. The molecule has 0 aliphatic carbocycles. The first-order valence-electron chi connectivity index (χ1n) is 8.81. The van der Waals surface area contributed by atoms with Gasteiger partial charge < -0.3 is 14.4 Å². The summed E-state index contributed by atoms with van der Waals surface area (Å²) in [6.45, 7) is 9.83. The molecule has 0 aliphatic rings. The summed E-state index contributed by atoms with van der Waals surface area (Å²) in [5, 5.41) is 11.0. The van der Waals surface area contributed by atoms with Crippen molar-refractivity contribution in [1.82, 2.24) is 4.98 Å². The minimum atomic E-state index is -2.73. The van der Waals surface area contributed by atoms with Gasteiger partial charge in [0.15, 0.2) is 11.5 Å². The van der Waals surface area contributed by atoms with Crippen LogP contribution in [0.3, 0.4) is 0 Å². The highest BCUT2D eigenvalue weighted by Gasteiger charge is 2.35. The standard InChI is InChI=1S/C21H28NO3P/c1-14(2)26(24,15(3)4)20(11-17-8-7-9-22-13-17)18-10-16(5)21(23)19(12-18)25-6/h7-15,23H,1-6H3/b20-11-. The van der Waals surface area contributed by atoms with Gasteiger partial charge in [0.2, 0.25) is 0 Å². The molecule has 2 aromatic rings. The molecule has 0 saturated heterocycles. The third kappa shape index (κ3) is 3.86. The van der Waals surface area contributed by atoms with E-state index in [1.54, 1.807) is 18.5 Å². The van der Waals surface area contributed by atoms with Gasteiger partial charge in [-0.15, -0.1) is 0 Å². The van der Waals surface area contributed by atoms with Crippen LogP contribution < -0.4 is 4.74 Å². The zero-order valence-corrected chi connectivity index (χ0v) is 17.2. The molecule has 0 radical (unpaired) electrons. The number of aromatic hydroxyl groups is 1. The number of ether oxygens (including phenoxy) is 1. The SMILES string of the molecule is COc1cc(/C(=C/c2cccnc2)P(=O)(C(C)C)C(C)C)cc(C)c1O. The average molecular weight is 373 g/mol. The highest BCUT2D eigenvalue weighted by molar-refractivity contribution is 7.75. The second-order valence-corrected chi connectivity index (χ2v) is 11.0. The molecule has 26 heavy (non-hydrogen) atoms. The van der Waals surface area contributed by atoms with Crippen LogP contribution in [-0.2, 0) is 4.57 Å². The molecular weight excluding hydrogens is 345 g/mol. The van der Waals surface area contributed by atoms with Crippen molar-refractivity contribution in [3.8, 4) is 11.5 Å². The maximum absolute atomic E-state index is 14.1. The van der Waals surface area contributed by atoms with Gasteiger partial charge in [-0.25, -0.2) is 0 Å². The van der Waals surface area contributed by atoms with Gasteiger partial charge >= 0.3 is 0 Å². The van der Waals surface area contributed by atoms with Gasteiger partial charge in [-0.2, -0.15) is 0 Å². The Hall–Kier alpha value is -2.06.